The molecular formula is C20H18ClN5. The van der Waals surface area contributed by atoms with Crippen molar-refractivity contribution in [2.45, 2.75) is 13.0 Å². The molecule has 130 valence electrons. The Morgan fingerprint density at radius 1 is 1.19 bits per heavy atom. The molecule has 0 fully saturated rings. The van der Waals surface area contributed by atoms with Crippen molar-refractivity contribution in [2.75, 3.05) is 11.9 Å². The average molecular weight is 364 g/mol. The summed E-state index contributed by atoms with van der Waals surface area (Å²) in [4.78, 5) is 8.55. The number of rotatable bonds is 5. The Hall–Kier alpha value is -2.94. The first-order valence-electron chi connectivity index (χ1n) is 8.15. The molecule has 3 N–H and O–H groups in total. The van der Waals surface area contributed by atoms with Crippen LogP contribution in [-0.2, 0) is 0 Å². The van der Waals surface area contributed by atoms with Crippen LogP contribution in [0.5, 0.6) is 0 Å². The largest absolute Gasteiger partial charge is 0.368 e. The van der Waals surface area contributed by atoms with Crippen LogP contribution in [0, 0.1) is 18.3 Å². The van der Waals surface area contributed by atoms with Gasteiger partial charge in [0, 0.05) is 29.2 Å². The summed E-state index contributed by atoms with van der Waals surface area (Å²) in [6, 6.07) is 16.9. The topological polar surface area (TPSA) is 87.6 Å². The minimum absolute atomic E-state index is 0.254. The normalized spacial score (nSPS) is 11.6. The predicted octanol–water partition coefficient (Wildman–Crippen LogP) is 4.09. The van der Waals surface area contributed by atoms with Gasteiger partial charge >= 0.3 is 0 Å². The Bertz CT molecular complexity index is 964. The third-order valence-corrected chi connectivity index (χ3v) is 4.49. The van der Waals surface area contributed by atoms with E-state index in [1.54, 1.807) is 12.1 Å². The zero-order valence-corrected chi connectivity index (χ0v) is 15.0. The molecule has 0 aliphatic rings. The van der Waals surface area contributed by atoms with Crippen molar-refractivity contribution >= 4 is 17.4 Å². The van der Waals surface area contributed by atoms with Crippen molar-refractivity contribution in [3.05, 3.63) is 76.6 Å². The summed E-state index contributed by atoms with van der Waals surface area (Å²) >= 11 is 6.20. The molecule has 0 saturated carbocycles. The monoisotopic (exact) mass is 363 g/mol. The minimum atomic E-state index is -0.254. The van der Waals surface area contributed by atoms with Crippen LogP contribution in [0.2, 0.25) is 5.02 Å². The first kappa shape index (κ1) is 17.9. The van der Waals surface area contributed by atoms with Gasteiger partial charge in [-0.1, -0.05) is 35.9 Å². The van der Waals surface area contributed by atoms with E-state index >= 15 is 0 Å². The van der Waals surface area contributed by atoms with Crippen molar-refractivity contribution in [3.63, 3.8) is 0 Å². The smallest absolute Gasteiger partial charge is 0.130 e. The van der Waals surface area contributed by atoms with Crippen molar-refractivity contribution < 1.29 is 0 Å². The lowest BCUT2D eigenvalue weighted by atomic mass is 10.1. The molecule has 26 heavy (non-hydrogen) atoms. The zero-order valence-electron chi connectivity index (χ0n) is 14.3. The standard InChI is InChI=1S/C20H18ClN5/c1-13-5-6-16(8-17(13)21)19-9-20(26-12-25-19)24-11-18(23)15-4-2-3-14(7-15)10-22/h2-9,12,18H,11,23H2,1H3,(H,24,25,26)/t18-/m1/s1. The number of nitrogens with zero attached hydrogens (tertiary/aromatic N) is 3. The summed E-state index contributed by atoms with van der Waals surface area (Å²) in [6.07, 6.45) is 1.51. The van der Waals surface area contributed by atoms with Gasteiger partial charge in [-0.05, 0) is 36.2 Å². The highest BCUT2D eigenvalue weighted by molar-refractivity contribution is 6.31. The van der Waals surface area contributed by atoms with Crippen LogP contribution >= 0.6 is 11.6 Å². The van der Waals surface area contributed by atoms with Gasteiger partial charge in [-0.3, -0.25) is 0 Å². The number of benzene rings is 2. The Kier molecular flexibility index (Phi) is 5.47. The van der Waals surface area contributed by atoms with Crippen LogP contribution in [0.4, 0.5) is 5.82 Å². The number of anilines is 1. The molecule has 1 aromatic heterocycles. The van der Waals surface area contributed by atoms with Gasteiger partial charge in [0.25, 0.3) is 0 Å². The van der Waals surface area contributed by atoms with Crippen LogP contribution in [0.1, 0.15) is 22.7 Å². The lowest BCUT2D eigenvalue weighted by Crippen LogP contribution is -2.21. The molecule has 0 aliphatic heterocycles. The zero-order chi connectivity index (χ0) is 18.5. The second-order valence-electron chi connectivity index (χ2n) is 5.98. The molecule has 0 radical (unpaired) electrons. The van der Waals surface area contributed by atoms with Gasteiger partial charge in [0.2, 0.25) is 0 Å². The summed E-state index contributed by atoms with van der Waals surface area (Å²) in [7, 11) is 0. The summed E-state index contributed by atoms with van der Waals surface area (Å²) in [6.45, 7) is 2.45. The molecule has 0 spiro atoms. The molecule has 0 bridgehead atoms. The number of nitrogens with one attached hydrogen (secondary N) is 1. The third kappa shape index (κ3) is 4.17. The number of nitriles is 1. The fourth-order valence-electron chi connectivity index (χ4n) is 2.54. The number of halogens is 1. The molecule has 3 rings (SSSR count). The summed E-state index contributed by atoms with van der Waals surface area (Å²) < 4.78 is 0. The van der Waals surface area contributed by atoms with Crippen LogP contribution in [0.25, 0.3) is 11.3 Å². The van der Waals surface area contributed by atoms with Gasteiger partial charge in [0.05, 0.1) is 17.3 Å². The third-order valence-electron chi connectivity index (χ3n) is 4.08. The van der Waals surface area contributed by atoms with E-state index in [-0.39, 0.29) is 6.04 Å². The molecule has 5 nitrogen and oxygen atoms in total. The summed E-state index contributed by atoms with van der Waals surface area (Å²) in [5.74, 6) is 0.679. The van der Waals surface area contributed by atoms with E-state index < -0.39 is 0 Å². The highest BCUT2D eigenvalue weighted by atomic mass is 35.5. The quantitative estimate of drug-likeness (QED) is 0.712. The molecule has 6 heteroatoms. The highest BCUT2D eigenvalue weighted by Crippen LogP contribution is 2.25. The van der Waals surface area contributed by atoms with Crippen LogP contribution in [0.15, 0.2) is 54.9 Å². The molecular weight excluding hydrogens is 346 g/mol. The van der Waals surface area contributed by atoms with Crippen LogP contribution in [0.3, 0.4) is 0 Å². The van der Waals surface area contributed by atoms with E-state index in [1.807, 2.05) is 43.3 Å². The summed E-state index contributed by atoms with van der Waals surface area (Å²) in [5, 5.41) is 12.9. The van der Waals surface area contributed by atoms with Gasteiger partial charge in [0.1, 0.15) is 12.1 Å². The van der Waals surface area contributed by atoms with Gasteiger partial charge < -0.3 is 11.1 Å². The van der Waals surface area contributed by atoms with Crippen LogP contribution in [-0.4, -0.2) is 16.5 Å². The first-order valence-corrected chi connectivity index (χ1v) is 8.52. The molecule has 0 saturated heterocycles. The number of hydrogen-bond acceptors (Lipinski definition) is 5. The van der Waals surface area contributed by atoms with Gasteiger partial charge in [-0.25, -0.2) is 9.97 Å². The highest BCUT2D eigenvalue weighted by Gasteiger charge is 2.08. The Morgan fingerprint density at radius 2 is 2.04 bits per heavy atom. The van der Waals surface area contributed by atoms with Gasteiger partial charge in [0.15, 0.2) is 0 Å². The van der Waals surface area contributed by atoms with E-state index in [2.05, 4.69) is 21.4 Å². The Labute approximate surface area is 157 Å². The fourth-order valence-corrected chi connectivity index (χ4v) is 2.72. The molecule has 1 heterocycles. The van der Waals surface area contributed by atoms with Gasteiger partial charge in [-0.15, -0.1) is 0 Å². The van der Waals surface area contributed by atoms with Crippen molar-refractivity contribution in [3.8, 4) is 17.3 Å². The Morgan fingerprint density at radius 3 is 2.81 bits per heavy atom. The molecule has 2 aromatic carbocycles. The maximum absolute atomic E-state index is 8.99. The second kappa shape index (κ2) is 7.96. The first-order chi connectivity index (χ1) is 12.6. The second-order valence-corrected chi connectivity index (χ2v) is 6.38. The van der Waals surface area contributed by atoms with E-state index in [0.29, 0.717) is 22.9 Å². The molecule has 0 unspecified atom stereocenters. The maximum atomic E-state index is 8.99. The fraction of sp³-hybridized carbons (Fsp3) is 0.150. The molecule has 3 aromatic rings. The maximum Gasteiger partial charge on any atom is 0.130 e. The van der Waals surface area contributed by atoms with Crippen molar-refractivity contribution in [1.29, 1.82) is 5.26 Å². The van der Waals surface area contributed by atoms with Crippen molar-refractivity contribution in [1.82, 2.24) is 9.97 Å². The Balaban J connectivity index is 1.72. The van der Waals surface area contributed by atoms with E-state index in [4.69, 9.17) is 22.6 Å². The lowest BCUT2D eigenvalue weighted by molar-refractivity contribution is 0.761. The SMILES string of the molecule is Cc1ccc(-c2cc(NC[C@@H](N)c3cccc(C#N)c3)ncn2)cc1Cl. The van der Waals surface area contributed by atoms with E-state index in [0.717, 1.165) is 22.4 Å². The van der Waals surface area contributed by atoms with Crippen molar-refractivity contribution in [2.24, 2.45) is 5.73 Å². The van der Waals surface area contributed by atoms with Crippen LogP contribution < -0.4 is 11.1 Å². The number of hydrogen-bond donors (Lipinski definition) is 2. The number of nitrogens with two attached hydrogens (primary N) is 1. The average Bonchev–Trinajstić information content (AvgIpc) is 2.68. The van der Waals surface area contributed by atoms with E-state index in [9.17, 15) is 0 Å². The molecule has 1 atom stereocenters. The van der Waals surface area contributed by atoms with E-state index in [1.165, 1.54) is 6.33 Å². The number of aryl methyl sites for hydroxylation is 1. The minimum Gasteiger partial charge on any atom is -0.368 e. The predicted molar refractivity (Wildman–Crippen MR) is 104 cm³/mol. The number of aromatic nitrogens is 2. The molecule has 0 amide bonds. The summed E-state index contributed by atoms with van der Waals surface area (Å²) in [5.41, 5.74) is 10.4. The molecule has 0 aliphatic carbocycles. The lowest BCUT2D eigenvalue weighted by Gasteiger charge is -2.14. The van der Waals surface area contributed by atoms with Gasteiger partial charge in [-0.2, -0.15) is 5.26 Å².